The minimum atomic E-state index is -1.05. The Kier molecular flexibility index (Phi) is 7.43. The Balaban J connectivity index is 1.95. The molecule has 0 aliphatic carbocycles. The number of nitrogens with zero attached hydrogens (tertiary/aromatic N) is 1. The largest absolute Gasteiger partial charge is 0.493 e. The van der Waals surface area contributed by atoms with E-state index in [2.05, 4.69) is 19.2 Å². The molecule has 28 heavy (non-hydrogen) atoms. The zero-order chi connectivity index (χ0) is 20.7. The number of hydrogen-bond donors (Lipinski definition) is 1. The molecule has 0 radical (unpaired) electrons. The molecule has 8 heteroatoms. The molecule has 1 heterocycles. The molecule has 3 amide bonds. The molecule has 1 aliphatic rings. The summed E-state index contributed by atoms with van der Waals surface area (Å²) in [5.41, 5.74) is 0.712. The van der Waals surface area contributed by atoms with Gasteiger partial charge in [-0.3, -0.25) is 9.69 Å². The lowest BCUT2D eigenvalue weighted by atomic mass is 10.2. The van der Waals surface area contributed by atoms with Crippen LogP contribution in [0, 0.1) is 5.92 Å². The molecule has 152 valence electrons. The van der Waals surface area contributed by atoms with Gasteiger partial charge in [0.1, 0.15) is 0 Å². The van der Waals surface area contributed by atoms with E-state index in [9.17, 15) is 14.4 Å². The summed E-state index contributed by atoms with van der Waals surface area (Å²) in [6.07, 6.45) is 1.72. The molecule has 2 rings (SSSR count). The van der Waals surface area contributed by atoms with E-state index < -0.39 is 24.0 Å². The summed E-state index contributed by atoms with van der Waals surface area (Å²) in [6, 6.07) is 4.81. The highest BCUT2D eigenvalue weighted by atomic mass is 16.5. The Morgan fingerprint density at radius 1 is 1.25 bits per heavy atom. The Hall–Kier alpha value is -3.03. The van der Waals surface area contributed by atoms with Gasteiger partial charge in [0.25, 0.3) is 5.91 Å². The summed E-state index contributed by atoms with van der Waals surface area (Å²) in [4.78, 5) is 36.7. The quantitative estimate of drug-likeness (QED) is 0.540. The van der Waals surface area contributed by atoms with Gasteiger partial charge in [0, 0.05) is 19.2 Å². The van der Waals surface area contributed by atoms with E-state index in [1.54, 1.807) is 31.4 Å². The number of rotatable bonds is 8. The lowest BCUT2D eigenvalue weighted by Crippen LogP contribution is -2.41. The number of imide groups is 1. The number of methoxy groups -OCH3 is 1. The van der Waals surface area contributed by atoms with Crippen LogP contribution in [0.15, 0.2) is 24.3 Å². The summed E-state index contributed by atoms with van der Waals surface area (Å²) in [5, 5.41) is 2.53. The molecule has 0 spiro atoms. The lowest BCUT2D eigenvalue weighted by Gasteiger charge is -2.17. The number of nitrogens with one attached hydrogen (secondary N) is 1. The molecule has 8 nitrogen and oxygen atoms in total. The van der Waals surface area contributed by atoms with E-state index in [0.29, 0.717) is 36.1 Å². The topological polar surface area (TPSA) is 94.2 Å². The highest BCUT2D eigenvalue weighted by Crippen LogP contribution is 2.29. The summed E-state index contributed by atoms with van der Waals surface area (Å²) in [5.74, 6) is 0.332. The molecular formula is C20H26N2O6. The Bertz CT molecular complexity index is 759. The van der Waals surface area contributed by atoms with Crippen LogP contribution in [0.4, 0.5) is 4.79 Å². The number of esters is 1. The summed E-state index contributed by atoms with van der Waals surface area (Å²) in [7, 11) is 1.54. The first kappa shape index (κ1) is 21.3. The van der Waals surface area contributed by atoms with Crippen LogP contribution in [-0.2, 0) is 14.3 Å². The van der Waals surface area contributed by atoms with E-state index in [1.807, 2.05) is 0 Å². The highest BCUT2D eigenvalue weighted by molar-refractivity contribution is 5.99. The third-order valence-corrected chi connectivity index (χ3v) is 3.94. The standard InChI is InChI=1S/C20H26N2O6/c1-13(2)12-27-16-7-5-15(11-17(16)26-4)6-8-18(23)28-14(3)19(24)22-10-9-21-20(22)25/h5-8,11,13-14H,9-10,12H2,1-4H3,(H,21,25)/b8-6+/t14-/m1/s1. The van der Waals surface area contributed by atoms with Crippen molar-refractivity contribution in [3.63, 3.8) is 0 Å². The maximum Gasteiger partial charge on any atom is 0.331 e. The predicted molar refractivity (Wildman–Crippen MR) is 103 cm³/mol. The van der Waals surface area contributed by atoms with E-state index in [0.717, 1.165) is 4.90 Å². The number of benzene rings is 1. The monoisotopic (exact) mass is 390 g/mol. The second kappa shape index (κ2) is 9.77. The zero-order valence-electron chi connectivity index (χ0n) is 16.6. The van der Waals surface area contributed by atoms with Crippen LogP contribution in [0.1, 0.15) is 26.3 Å². The van der Waals surface area contributed by atoms with Gasteiger partial charge in [-0.05, 0) is 36.6 Å². The van der Waals surface area contributed by atoms with Gasteiger partial charge < -0.3 is 19.5 Å². The van der Waals surface area contributed by atoms with Crippen LogP contribution >= 0.6 is 0 Å². The van der Waals surface area contributed by atoms with Crippen molar-refractivity contribution in [3.05, 3.63) is 29.8 Å². The molecule has 1 aromatic carbocycles. The molecule has 1 aromatic rings. The number of urea groups is 1. The molecule has 0 bridgehead atoms. The second-order valence-corrected chi connectivity index (χ2v) is 6.75. The van der Waals surface area contributed by atoms with Crippen LogP contribution in [0.5, 0.6) is 11.5 Å². The average Bonchev–Trinajstić information content (AvgIpc) is 3.09. The molecule has 1 atom stereocenters. The van der Waals surface area contributed by atoms with E-state index in [-0.39, 0.29) is 6.54 Å². The van der Waals surface area contributed by atoms with E-state index in [4.69, 9.17) is 14.2 Å². The van der Waals surface area contributed by atoms with Crippen molar-refractivity contribution in [2.24, 2.45) is 5.92 Å². The van der Waals surface area contributed by atoms with Crippen LogP contribution in [-0.4, -0.2) is 55.7 Å². The molecule has 1 N–H and O–H groups in total. The van der Waals surface area contributed by atoms with Crippen molar-refractivity contribution in [1.82, 2.24) is 10.2 Å². The van der Waals surface area contributed by atoms with Crippen LogP contribution in [0.25, 0.3) is 6.08 Å². The Morgan fingerprint density at radius 3 is 2.61 bits per heavy atom. The number of ether oxygens (including phenoxy) is 3. The van der Waals surface area contributed by atoms with Gasteiger partial charge in [0.15, 0.2) is 17.6 Å². The first-order chi connectivity index (χ1) is 13.3. The molecule has 0 saturated carbocycles. The van der Waals surface area contributed by atoms with Gasteiger partial charge in [-0.15, -0.1) is 0 Å². The summed E-state index contributed by atoms with van der Waals surface area (Å²) >= 11 is 0. The van der Waals surface area contributed by atoms with Crippen molar-refractivity contribution in [3.8, 4) is 11.5 Å². The van der Waals surface area contributed by atoms with Crippen molar-refractivity contribution in [1.29, 1.82) is 0 Å². The van der Waals surface area contributed by atoms with Gasteiger partial charge in [-0.2, -0.15) is 0 Å². The lowest BCUT2D eigenvalue weighted by molar-refractivity contribution is -0.153. The first-order valence-corrected chi connectivity index (χ1v) is 9.10. The summed E-state index contributed by atoms with van der Waals surface area (Å²) < 4.78 is 16.1. The molecule has 0 unspecified atom stereocenters. The number of hydrogen-bond acceptors (Lipinski definition) is 6. The fourth-order valence-electron chi connectivity index (χ4n) is 2.49. The van der Waals surface area contributed by atoms with Gasteiger partial charge in [0.05, 0.1) is 13.7 Å². The molecule has 1 aliphatic heterocycles. The zero-order valence-corrected chi connectivity index (χ0v) is 16.6. The van der Waals surface area contributed by atoms with Crippen molar-refractivity contribution in [2.45, 2.75) is 26.9 Å². The second-order valence-electron chi connectivity index (χ2n) is 6.75. The molecule has 1 saturated heterocycles. The van der Waals surface area contributed by atoms with Gasteiger partial charge >= 0.3 is 12.0 Å². The molecule has 0 aromatic heterocycles. The summed E-state index contributed by atoms with van der Waals surface area (Å²) in [6.45, 7) is 6.76. The fraction of sp³-hybridized carbons (Fsp3) is 0.450. The van der Waals surface area contributed by atoms with Crippen LogP contribution < -0.4 is 14.8 Å². The average molecular weight is 390 g/mol. The smallest absolute Gasteiger partial charge is 0.331 e. The Labute approximate surface area is 164 Å². The third kappa shape index (κ3) is 5.73. The molecular weight excluding hydrogens is 364 g/mol. The van der Waals surface area contributed by atoms with Crippen molar-refractivity contribution >= 4 is 24.0 Å². The van der Waals surface area contributed by atoms with Gasteiger partial charge in [-0.25, -0.2) is 9.59 Å². The van der Waals surface area contributed by atoms with Gasteiger partial charge in [0.2, 0.25) is 0 Å². The Morgan fingerprint density at radius 2 is 2.00 bits per heavy atom. The third-order valence-electron chi connectivity index (χ3n) is 3.94. The maximum absolute atomic E-state index is 12.1. The number of carbonyl (C=O) groups excluding carboxylic acids is 3. The highest BCUT2D eigenvalue weighted by Gasteiger charge is 2.31. The SMILES string of the molecule is COc1cc(/C=C/C(=O)O[C@H](C)C(=O)N2CCNC2=O)ccc1OCC(C)C. The van der Waals surface area contributed by atoms with E-state index >= 15 is 0 Å². The normalized spacial score (nSPS) is 14.9. The molecule has 1 fully saturated rings. The van der Waals surface area contributed by atoms with E-state index in [1.165, 1.54) is 13.0 Å². The number of amides is 3. The van der Waals surface area contributed by atoms with Crippen molar-refractivity contribution < 1.29 is 28.6 Å². The van der Waals surface area contributed by atoms with Crippen molar-refractivity contribution in [2.75, 3.05) is 26.8 Å². The minimum absolute atomic E-state index is 0.264. The van der Waals surface area contributed by atoms with Crippen LogP contribution in [0.2, 0.25) is 0 Å². The minimum Gasteiger partial charge on any atom is -0.493 e. The first-order valence-electron chi connectivity index (χ1n) is 9.10. The predicted octanol–water partition coefficient (Wildman–Crippen LogP) is 2.23. The van der Waals surface area contributed by atoms with Gasteiger partial charge in [-0.1, -0.05) is 19.9 Å². The maximum atomic E-state index is 12.1. The fourth-order valence-corrected chi connectivity index (χ4v) is 2.49. The van der Waals surface area contributed by atoms with Crippen LogP contribution in [0.3, 0.4) is 0 Å². The number of carbonyl (C=O) groups is 3.